The van der Waals surface area contributed by atoms with Crippen LogP contribution in [0.3, 0.4) is 0 Å². The van der Waals surface area contributed by atoms with E-state index in [-0.39, 0.29) is 17.6 Å². The van der Waals surface area contributed by atoms with Crippen LogP contribution in [0.5, 0.6) is 0 Å². The van der Waals surface area contributed by atoms with Crippen molar-refractivity contribution >= 4 is 23.2 Å². The van der Waals surface area contributed by atoms with Crippen molar-refractivity contribution in [1.82, 2.24) is 4.98 Å². The number of ketones is 1. The summed E-state index contributed by atoms with van der Waals surface area (Å²) < 4.78 is 0. The van der Waals surface area contributed by atoms with Crippen LogP contribution in [0.1, 0.15) is 41.4 Å². The van der Waals surface area contributed by atoms with Crippen LogP contribution >= 0.6 is 0 Å². The highest BCUT2D eigenvalue weighted by atomic mass is 16.2. The maximum absolute atomic E-state index is 12.7. The average Bonchev–Trinajstić information content (AvgIpc) is 2.67. The SMILES string of the molecule is CC(=O)c1ccc(C#N)c(N2CCCC(C(=O)Nc3cccc(C)n3)C2)c1. The fraction of sp³-hybridized carbons (Fsp3) is 0.333. The number of anilines is 2. The van der Waals surface area contributed by atoms with E-state index in [1.807, 2.05) is 24.0 Å². The van der Waals surface area contributed by atoms with E-state index in [0.717, 1.165) is 30.8 Å². The van der Waals surface area contributed by atoms with Gasteiger partial charge in [0.2, 0.25) is 5.91 Å². The third-order valence-corrected chi connectivity index (χ3v) is 4.80. The molecule has 0 bridgehead atoms. The number of hydrogen-bond donors (Lipinski definition) is 1. The van der Waals surface area contributed by atoms with Crippen LogP contribution in [-0.2, 0) is 4.79 Å². The predicted molar refractivity (Wildman–Crippen MR) is 104 cm³/mol. The predicted octanol–water partition coefficient (Wildman–Crippen LogP) is 3.32. The number of nitrogens with one attached hydrogen (secondary N) is 1. The van der Waals surface area contributed by atoms with Crippen LogP contribution in [-0.4, -0.2) is 29.8 Å². The highest BCUT2D eigenvalue weighted by Gasteiger charge is 2.27. The molecule has 1 saturated heterocycles. The summed E-state index contributed by atoms with van der Waals surface area (Å²) in [5.74, 6) is 0.235. The smallest absolute Gasteiger partial charge is 0.230 e. The van der Waals surface area contributed by atoms with Gasteiger partial charge in [-0.1, -0.05) is 6.07 Å². The van der Waals surface area contributed by atoms with Crippen LogP contribution in [0.15, 0.2) is 36.4 Å². The van der Waals surface area contributed by atoms with Crippen molar-refractivity contribution in [2.75, 3.05) is 23.3 Å². The number of nitriles is 1. The molecule has 138 valence electrons. The lowest BCUT2D eigenvalue weighted by molar-refractivity contribution is -0.120. The van der Waals surface area contributed by atoms with Gasteiger partial charge in [-0.25, -0.2) is 4.98 Å². The van der Waals surface area contributed by atoms with Crippen LogP contribution in [0.4, 0.5) is 11.5 Å². The number of aromatic nitrogens is 1. The Labute approximate surface area is 158 Å². The molecule has 2 aromatic rings. The van der Waals surface area contributed by atoms with Crippen molar-refractivity contribution in [2.24, 2.45) is 5.92 Å². The second-order valence-corrected chi connectivity index (χ2v) is 6.84. The van der Waals surface area contributed by atoms with Gasteiger partial charge in [0.1, 0.15) is 11.9 Å². The lowest BCUT2D eigenvalue weighted by atomic mass is 9.95. The molecule has 0 aliphatic carbocycles. The van der Waals surface area contributed by atoms with E-state index in [1.165, 1.54) is 6.92 Å². The first-order valence-corrected chi connectivity index (χ1v) is 9.02. The summed E-state index contributed by atoms with van der Waals surface area (Å²) in [4.78, 5) is 30.7. The Kier molecular flexibility index (Phi) is 5.51. The Morgan fingerprint density at radius 1 is 1.30 bits per heavy atom. The number of nitrogens with zero attached hydrogens (tertiary/aromatic N) is 3. The molecule has 27 heavy (non-hydrogen) atoms. The summed E-state index contributed by atoms with van der Waals surface area (Å²) in [5.41, 5.74) is 2.65. The maximum atomic E-state index is 12.7. The molecular formula is C21H22N4O2. The summed E-state index contributed by atoms with van der Waals surface area (Å²) in [6, 6.07) is 12.8. The van der Waals surface area contributed by atoms with Gasteiger partial charge in [-0.3, -0.25) is 9.59 Å². The molecule has 1 aliphatic heterocycles. The van der Waals surface area contributed by atoms with Crippen LogP contribution in [0.2, 0.25) is 0 Å². The van der Waals surface area contributed by atoms with Gasteiger partial charge in [0.15, 0.2) is 5.78 Å². The van der Waals surface area contributed by atoms with Crippen molar-refractivity contribution in [1.29, 1.82) is 5.26 Å². The number of benzene rings is 1. The van der Waals surface area contributed by atoms with Gasteiger partial charge in [0.05, 0.1) is 17.2 Å². The number of hydrogen-bond acceptors (Lipinski definition) is 5. The number of rotatable bonds is 4. The maximum Gasteiger partial charge on any atom is 0.230 e. The van der Waals surface area contributed by atoms with E-state index in [1.54, 1.807) is 24.3 Å². The van der Waals surface area contributed by atoms with Crippen molar-refractivity contribution in [3.63, 3.8) is 0 Å². The van der Waals surface area contributed by atoms with Crippen LogP contribution in [0, 0.1) is 24.2 Å². The van der Waals surface area contributed by atoms with Crippen molar-refractivity contribution in [3.05, 3.63) is 53.2 Å². The number of aryl methyl sites for hydroxylation is 1. The number of carbonyl (C=O) groups is 2. The van der Waals surface area contributed by atoms with Crippen molar-refractivity contribution < 1.29 is 9.59 Å². The lowest BCUT2D eigenvalue weighted by Gasteiger charge is -2.34. The molecule has 2 heterocycles. The molecule has 1 amide bonds. The Morgan fingerprint density at radius 2 is 2.11 bits per heavy atom. The topological polar surface area (TPSA) is 86.1 Å². The molecule has 0 saturated carbocycles. The number of carbonyl (C=O) groups excluding carboxylic acids is 2. The molecule has 6 heteroatoms. The molecule has 0 radical (unpaired) electrons. The molecule has 6 nitrogen and oxygen atoms in total. The molecular weight excluding hydrogens is 340 g/mol. The summed E-state index contributed by atoms with van der Waals surface area (Å²) in [6.07, 6.45) is 1.62. The monoisotopic (exact) mass is 362 g/mol. The minimum Gasteiger partial charge on any atom is -0.370 e. The largest absolute Gasteiger partial charge is 0.370 e. The van der Waals surface area contributed by atoms with Crippen LogP contribution in [0.25, 0.3) is 0 Å². The number of pyridine rings is 1. The molecule has 1 N–H and O–H groups in total. The van der Waals surface area contributed by atoms with Gasteiger partial charge in [-0.15, -0.1) is 0 Å². The first-order chi connectivity index (χ1) is 13.0. The molecule has 1 fully saturated rings. The van der Waals surface area contributed by atoms with E-state index in [9.17, 15) is 14.9 Å². The third kappa shape index (κ3) is 4.32. The van der Waals surface area contributed by atoms with E-state index >= 15 is 0 Å². The van der Waals surface area contributed by atoms with E-state index in [2.05, 4.69) is 16.4 Å². The molecule has 1 aliphatic rings. The summed E-state index contributed by atoms with van der Waals surface area (Å²) in [5, 5.41) is 12.3. The fourth-order valence-electron chi connectivity index (χ4n) is 3.36. The Balaban J connectivity index is 1.78. The normalized spacial score (nSPS) is 16.5. The summed E-state index contributed by atoms with van der Waals surface area (Å²) in [7, 11) is 0. The zero-order chi connectivity index (χ0) is 19.4. The molecule has 1 aromatic heterocycles. The first-order valence-electron chi connectivity index (χ1n) is 9.02. The molecule has 1 unspecified atom stereocenters. The lowest BCUT2D eigenvalue weighted by Crippen LogP contribution is -2.41. The molecule has 1 atom stereocenters. The summed E-state index contributed by atoms with van der Waals surface area (Å²) >= 11 is 0. The van der Waals surface area contributed by atoms with Gasteiger partial charge >= 0.3 is 0 Å². The number of amides is 1. The zero-order valence-corrected chi connectivity index (χ0v) is 15.5. The van der Waals surface area contributed by atoms with Crippen LogP contribution < -0.4 is 10.2 Å². The molecule has 0 spiro atoms. The Bertz CT molecular complexity index is 917. The molecule has 1 aromatic carbocycles. The van der Waals surface area contributed by atoms with E-state index in [0.29, 0.717) is 23.5 Å². The molecule has 3 rings (SSSR count). The highest BCUT2D eigenvalue weighted by molar-refractivity contribution is 5.95. The second kappa shape index (κ2) is 8.00. The Morgan fingerprint density at radius 3 is 2.81 bits per heavy atom. The number of Topliss-reactive ketones (excluding diaryl/α,β-unsaturated/α-hetero) is 1. The minimum absolute atomic E-state index is 0.0439. The highest BCUT2D eigenvalue weighted by Crippen LogP contribution is 2.28. The third-order valence-electron chi connectivity index (χ3n) is 4.80. The standard InChI is InChI=1S/C21H22N4O2/c1-14-5-3-7-20(23-14)24-21(27)18-6-4-10-25(13-18)19-11-16(15(2)26)8-9-17(19)12-22/h3,5,7-9,11,18H,4,6,10,13H2,1-2H3,(H,23,24,27). The first kappa shape index (κ1) is 18.6. The van der Waals surface area contributed by atoms with E-state index in [4.69, 9.17) is 0 Å². The summed E-state index contributed by atoms with van der Waals surface area (Å²) in [6.45, 7) is 4.64. The van der Waals surface area contributed by atoms with Crippen molar-refractivity contribution in [3.8, 4) is 6.07 Å². The average molecular weight is 362 g/mol. The number of piperidine rings is 1. The quantitative estimate of drug-likeness (QED) is 0.843. The van der Waals surface area contributed by atoms with Gasteiger partial charge in [0, 0.05) is 24.3 Å². The zero-order valence-electron chi connectivity index (χ0n) is 15.5. The van der Waals surface area contributed by atoms with Crippen molar-refractivity contribution in [2.45, 2.75) is 26.7 Å². The van der Waals surface area contributed by atoms with Gasteiger partial charge in [-0.05, 0) is 57.0 Å². The van der Waals surface area contributed by atoms with E-state index < -0.39 is 0 Å². The second-order valence-electron chi connectivity index (χ2n) is 6.84. The fourth-order valence-corrected chi connectivity index (χ4v) is 3.36. The van der Waals surface area contributed by atoms with Gasteiger partial charge < -0.3 is 10.2 Å². The van der Waals surface area contributed by atoms with Gasteiger partial charge in [0.25, 0.3) is 0 Å². The minimum atomic E-state index is -0.200. The Hall–Kier alpha value is -3.20. The van der Waals surface area contributed by atoms with Gasteiger partial charge in [-0.2, -0.15) is 5.26 Å².